The van der Waals surface area contributed by atoms with E-state index in [4.69, 9.17) is 14.9 Å². The van der Waals surface area contributed by atoms with E-state index in [0.29, 0.717) is 51.4 Å². The predicted octanol–water partition coefficient (Wildman–Crippen LogP) is 6.65. The van der Waals surface area contributed by atoms with Crippen LogP contribution in [0.2, 0.25) is 0 Å². The first-order valence-corrected chi connectivity index (χ1v) is 28.7. The Hall–Kier alpha value is -3.55. The Morgan fingerprint density at radius 2 is 1.07 bits per heavy atom. The van der Waals surface area contributed by atoms with Crippen LogP contribution < -0.4 is 32.9 Å². The largest absolute Gasteiger partial charge is 1.00 e. The van der Waals surface area contributed by atoms with Crippen molar-refractivity contribution >= 4 is 35.1 Å². The second-order valence-corrected chi connectivity index (χ2v) is 24.4. The molecule has 11 atom stereocenters. The van der Waals surface area contributed by atoms with Crippen molar-refractivity contribution in [1.29, 1.82) is 0 Å². The van der Waals surface area contributed by atoms with Gasteiger partial charge in [0.05, 0.1) is 41.8 Å². The lowest BCUT2D eigenvalue weighted by atomic mass is 9.88. The Kier molecular flexibility index (Phi) is 28.6. The topological polar surface area (TPSA) is 205 Å². The quantitative estimate of drug-likeness (QED) is 0.0243. The number of carboxylic acids is 2. The van der Waals surface area contributed by atoms with Crippen molar-refractivity contribution in [2.75, 3.05) is 6.16 Å². The zero-order chi connectivity index (χ0) is 52.6. The van der Waals surface area contributed by atoms with Crippen LogP contribution in [0.25, 0.3) is 0 Å². The average molecular weight is 1100 g/mol. The van der Waals surface area contributed by atoms with E-state index in [2.05, 4.69) is 105 Å². The fraction of sp³-hybridized carbons (Fsp3) is 0.567. The van der Waals surface area contributed by atoms with Gasteiger partial charge < -0.3 is 62.6 Å². The molecule has 3 unspecified atom stereocenters. The molecule has 3 aliphatic rings. The number of unbranched alkanes of at least 4 members (excludes halogenated alkanes) is 6. The van der Waals surface area contributed by atoms with Crippen molar-refractivity contribution < 1.29 is 72.2 Å². The smallest absolute Gasteiger partial charge is 0.303 e. The van der Waals surface area contributed by atoms with E-state index in [1.165, 1.54) is 15.9 Å². The van der Waals surface area contributed by atoms with Crippen LogP contribution in [0.5, 0.6) is 0 Å². The van der Waals surface area contributed by atoms with Crippen molar-refractivity contribution in [3.63, 3.8) is 0 Å². The first-order valence-electron chi connectivity index (χ1n) is 26.8. The molecule has 0 aromatic heterocycles. The molecule has 0 spiro atoms. The molecule has 13 heteroatoms. The molecular weight excluding hydrogens is 1010 g/mol. The van der Waals surface area contributed by atoms with Gasteiger partial charge in [0.1, 0.15) is 23.2 Å². The molecule has 406 valence electrons. The van der Waals surface area contributed by atoms with Gasteiger partial charge in [0.2, 0.25) is 0 Å². The van der Waals surface area contributed by atoms with E-state index in [-0.39, 0.29) is 59.6 Å². The summed E-state index contributed by atoms with van der Waals surface area (Å²) >= 11 is 0. The highest BCUT2D eigenvalue weighted by Crippen LogP contribution is 2.56. The van der Waals surface area contributed by atoms with Crippen LogP contribution >= 0.6 is 7.26 Å². The number of carboxylic acid groups (broad SMARTS) is 2. The molecule has 8 N–H and O–H groups in total. The van der Waals surface area contributed by atoms with Gasteiger partial charge in [-0.05, 0) is 107 Å². The molecule has 73 heavy (non-hydrogen) atoms. The van der Waals surface area contributed by atoms with Crippen LogP contribution in [0, 0.1) is 23.7 Å². The summed E-state index contributed by atoms with van der Waals surface area (Å²) < 4.78 is 5.40. The zero-order valence-electron chi connectivity index (χ0n) is 43.9. The lowest BCUT2D eigenvalue weighted by molar-refractivity contribution is -0.138. The summed E-state index contributed by atoms with van der Waals surface area (Å²) in [6.07, 6.45) is 23.3. The van der Waals surface area contributed by atoms with Gasteiger partial charge in [0.25, 0.3) is 0 Å². The molecule has 3 aromatic rings. The maximum Gasteiger partial charge on any atom is 0.303 e. The Morgan fingerprint density at radius 1 is 0.603 bits per heavy atom. The van der Waals surface area contributed by atoms with E-state index < -0.39 is 55.0 Å². The van der Waals surface area contributed by atoms with E-state index in [9.17, 15) is 40.2 Å². The van der Waals surface area contributed by atoms with Gasteiger partial charge in [-0.2, -0.15) is 0 Å². The molecule has 2 saturated carbocycles. The van der Waals surface area contributed by atoms with Gasteiger partial charge in [0.15, 0.2) is 6.29 Å². The molecule has 11 nitrogen and oxygen atoms in total. The van der Waals surface area contributed by atoms with Crippen LogP contribution in [-0.2, 0) is 14.3 Å². The molecule has 1 heterocycles. The minimum absolute atomic E-state index is 0. The third-order valence-electron chi connectivity index (χ3n) is 14.6. The number of rotatable bonds is 26. The third-order valence-corrected chi connectivity index (χ3v) is 19.1. The molecular formula is C60H88BrO11P. The summed E-state index contributed by atoms with van der Waals surface area (Å²) in [5.74, 6) is -1.61. The van der Waals surface area contributed by atoms with E-state index in [1.807, 2.05) is 37.3 Å². The molecule has 1 saturated heterocycles. The minimum Gasteiger partial charge on any atom is -1.00 e. The van der Waals surface area contributed by atoms with Crippen LogP contribution in [0.15, 0.2) is 127 Å². The molecule has 1 aliphatic heterocycles. The second kappa shape index (κ2) is 32.8. The van der Waals surface area contributed by atoms with Crippen molar-refractivity contribution in [2.24, 2.45) is 23.7 Å². The van der Waals surface area contributed by atoms with Crippen LogP contribution in [-0.4, -0.2) is 101 Å². The number of ether oxygens (including phenoxy) is 1. The van der Waals surface area contributed by atoms with Gasteiger partial charge >= 0.3 is 11.9 Å². The van der Waals surface area contributed by atoms with Gasteiger partial charge in [-0.25, -0.2) is 0 Å². The number of halogens is 1. The number of aliphatic hydroxyl groups is 6. The molecule has 3 fully saturated rings. The number of carbonyl (C=O) groups is 2. The standard InChI is InChI=1S/C23H23O2P.C21H36O5.C16H28O4.BrH/c24-23(25)18-10-11-19-26(20-12-4-1-5-13-20,21-14-6-2-7-15-21)22-16-8-3-9-17-22;1-3-4-9-13-21(2,26)14-12-17-16(18(22)15-19(17)23)10-7-5-6-8-11-20(24)25;1-3-4-5-7-16(2,19)8-6-11-12-9-15(18)20-14(12)10-13(11)17;/h1-9,12-17H,10-11,18-19H2;5,7,12,14,16-19,22-23,26H,3-4,6,8-11,13,15H2,1-2H3,(H,24,25);6,8,11-15,17-19H,3-5,7,9-10H2,1-2H3;1H/b;7-5-,14-12+;8-6+;/t;16-,17-,18+,19-,21?;11-,12-,13-,14+,15?,16?;/m.11./s1. The van der Waals surface area contributed by atoms with E-state index in [1.54, 1.807) is 13.0 Å². The highest BCUT2D eigenvalue weighted by Gasteiger charge is 2.48. The molecule has 0 bridgehead atoms. The first kappa shape index (κ1) is 63.7. The summed E-state index contributed by atoms with van der Waals surface area (Å²) in [6.45, 7) is 7.87. The van der Waals surface area contributed by atoms with Gasteiger partial charge in [0, 0.05) is 43.9 Å². The van der Waals surface area contributed by atoms with Crippen molar-refractivity contribution in [3.8, 4) is 0 Å². The summed E-state index contributed by atoms with van der Waals surface area (Å²) in [5, 5.41) is 82.6. The van der Waals surface area contributed by atoms with Gasteiger partial charge in [-0.3, -0.25) is 9.59 Å². The van der Waals surface area contributed by atoms with Gasteiger partial charge in [-0.15, -0.1) is 0 Å². The number of hydrogen-bond donors (Lipinski definition) is 8. The zero-order valence-corrected chi connectivity index (χ0v) is 46.4. The fourth-order valence-electron chi connectivity index (χ4n) is 10.6. The molecule has 2 aliphatic carbocycles. The number of allylic oxidation sites excluding steroid dienone is 2. The van der Waals surface area contributed by atoms with Crippen molar-refractivity contribution in [3.05, 3.63) is 127 Å². The molecule has 3 aromatic carbocycles. The molecule has 0 radical (unpaired) electrons. The Morgan fingerprint density at radius 3 is 1.55 bits per heavy atom. The SMILES string of the molecule is CCCCCC(C)(O)/C=C/[C@@H]1[C@@H](C/C=C\CCCC(=O)O)[C@@H](O)C[C@H]1O.CCCCCC(C)(O)/C=C/[C@@H]1[C@H]2CC(O)O[C@H]2C[C@H]1O.O=C(O)CCCC[P+](c1ccccc1)(c1ccccc1)c1ccccc1.[Br-]. The van der Waals surface area contributed by atoms with Crippen LogP contribution in [0.3, 0.4) is 0 Å². The number of fused-ring (bicyclic) bond motifs is 1. The highest BCUT2D eigenvalue weighted by atomic mass is 79.9. The van der Waals surface area contributed by atoms with Crippen LogP contribution in [0.4, 0.5) is 0 Å². The molecule has 0 amide bonds. The maximum atomic E-state index is 10.9. The normalized spacial score (nSPS) is 25.3. The lowest BCUT2D eigenvalue weighted by Crippen LogP contribution is -3.00. The Labute approximate surface area is 447 Å². The van der Waals surface area contributed by atoms with E-state index >= 15 is 0 Å². The Balaban J connectivity index is 0.000000290. The Bertz CT molecular complexity index is 1990. The maximum absolute atomic E-state index is 10.9. The van der Waals surface area contributed by atoms with E-state index in [0.717, 1.165) is 57.5 Å². The number of benzene rings is 3. The minimum atomic E-state index is -1.81. The summed E-state index contributed by atoms with van der Waals surface area (Å²) in [5.41, 5.74) is -1.70. The summed E-state index contributed by atoms with van der Waals surface area (Å²) in [6, 6.07) is 32.2. The van der Waals surface area contributed by atoms with Crippen molar-refractivity contribution in [1.82, 2.24) is 0 Å². The van der Waals surface area contributed by atoms with Crippen molar-refractivity contribution in [2.45, 2.75) is 185 Å². The van der Waals surface area contributed by atoms with Gasteiger partial charge in [-0.1, -0.05) is 143 Å². The number of hydrogen-bond acceptors (Lipinski definition) is 9. The lowest BCUT2D eigenvalue weighted by Gasteiger charge is -2.27. The predicted molar refractivity (Wildman–Crippen MR) is 291 cm³/mol. The fourth-order valence-corrected chi connectivity index (χ4v) is 15.0. The van der Waals surface area contributed by atoms with Crippen LogP contribution in [0.1, 0.15) is 143 Å². The first-order chi connectivity index (χ1) is 34.4. The monoisotopic (exact) mass is 1090 g/mol. The molecule has 6 rings (SSSR count). The summed E-state index contributed by atoms with van der Waals surface area (Å²) in [7, 11) is -1.81. The number of aliphatic hydroxyl groups excluding tert-OH is 4. The second-order valence-electron chi connectivity index (χ2n) is 20.8. The average Bonchev–Trinajstić information content (AvgIpc) is 3.95. The number of aliphatic carboxylic acids is 2. The summed E-state index contributed by atoms with van der Waals surface area (Å²) in [4.78, 5) is 21.4. The highest BCUT2D eigenvalue weighted by molar-refractivity contribution is 7.95. The third kappa shape index (κ3) is 21.2.